The number of amides is 1. The average molecular weight is 370 g/mol. The SMILES string of the molecule is Cn1c(Cn2cccn2)nnc1[C@H]1CCCN(C(=O)Cc2ccsc2)C1. The Morgan fingerprint density at radius 1 is 1.38 bits per heavy atom. The lowest BCUT2D eigenvalue weighted by Crippen LogP contribution is -2.40. The van der Waals surface area contributed by atoms with Gasteiger partial charge in [-0.2, -0.15) is 16.4 Å². The van der Waals surface area contributed by atoms with E-state index >= 15 is 0 Å². The average Bonchev–Trinajstić information content (AvgIpc) is 3.40. The number of nitrogens with zero attached hydrogens (tertiary/aromatic N) is 6. The van der Waals surface area contributed by atoms with Crippen molar-refractivity contribution in [2.75, 3.05) is 13.1 Å². The van der Waals surface area contributed by atoms with Gasteiger partial charge < -0.3 is 9.47 Å². The zero-order valence-electron chi connectivity index (χ0n) is 14.8. The first-order valence-corrected chi connectivity index (χ1v) is 9.79. The molecule has 0 bridgehead atoms. The Labute approximate surface area is 156 Å². The fraction of sp³-hybridized carbons (Fsp3) is 0.444. The van der Waals surface area contributed by atoms with Crippen LogP contribution >= 0.6 is 11.3 Å². The number of carbonyl (C=O) groups is 1. The zero-order chi connectivity index (χ0) is 17.9. The summed E-state index contributed by atoms with van der Waals surface area (Å²) >= 11 is 1.63. The van der Waals surface area contributed by atoms with E-state index in [1.165, 1.54) is 0 Å². The monoisotopic (exact) mass is 370 g/mol. The van der Waals surface area contributed by atoms with Crippen molar-refractivity contribution in [3.63, 3.8) is 0 Å². The Hall–Kier alpha value is -2.48. The summed E-state index contributed by atoms with van der Waals surface area (Å²) in [7, 11) is 2.00. The maximum atomic E-state index is 12.6. The molecule has 1 saturated heterocycles. The number of hydrogen-bond acceptors (Lipinski definition) is 5. The molecule has 1 atom stereocenters. The first kappa shape index (κ1) is 17.0. The van der Waals surface area contributed by atoms with E-state index in [4.69, 9.17) is 0 Å². The first-order valence-electron chi connectivity index (χ1n) is 8.85. The molecule has 1 amide bonds. The van der Waals surface area contributed by atoms with Gasteiger partial charge in [-0.15, -0.1) is 10.2 Å². The molecule has 1 aliphatic heterocycles. The van der Waals surface area contributed by atoms with E-state index in [-0.39, 0.29) is 11.8 Å². The van der Waals surface area contributed by atoms with Crippen molar-refractivity contribution in [3.05, 3.63) is 52.5 Å². The summed E-state index contributed by atoms with van der Waals surface area (Å²) in [4.78, 5) is 14.6. The smallest absolute Gasteiger partial charge is 0.227 e. The Kier molecular flexibility index (Phi) is 4.83. The van der Waals surface area contributed by atoms with Crippen molar-refractivity contribution in [1.29, 1.82) is 0 Å². The molecule has 136 valence electrons. The van der Waals surface area contributed by atoms with Crippen LogP contribution in [-0.2, 0) is 24.8 Å². The molecule has 0 radical (unpaired) electrons. The van der Waals surface area contributed by atoms with Crippen LogP contribution in [0, 0.1) is 0 Å². The fourth-order valence-corrected chi connectivity index (χ4v) is 4.17. The van der Waals surface area contributed by atoms with Crippen molar-refractivity contribution in [1.82, 2.24) is 29.4 Å². The highest BCUT2D eigenvalue weighted by Gasteiger charge is 2.28. The lowest BCUT2D eigenvalue weighted by molar-refractivity contribution is -0.131. The fourth-order valence-electron chi connectivity index (χ4n) is 3.50. The lowest BCUT2D eigenvalue weighted by Gasteiger charge is -2.32. The number of carbonyl (C=O) groups excluding carboxylic acids is 1. The van der Waals surface area contributed by atoms with Crippen LogP contribution in [0.15, 0.2) is 35.3 Å². The van der Waals surface area contributed by atoms with Crippen LogP contribution in [0.5, 0.6) is 0 Å². The van der Waals surface area contributed by atoms with Gasteiger partial charge in [0.25, 0.3) is 0 Å². The minimum Gasteiger partial charge on any atom is -0.342 e. The summed E-state index contributed by atoms with van der Waals surface area (Å²) < 4.78 is 3.89. The van der Waals surface area contributed by atoms with Gasteiger partial charge in [-0.1, -0.05) is 0 Å². The van der Waals surface area contributed by atoms with Crippen LogP contribution in [0.4, 0.5) is 0 Å². The number of thiophene rings is 1. The lowest BCUT2D eigenvalue weighted by atomic mass is 9.96. The molecule has 7 nitrogen and oxygen atoms in total. The number of rotatable bonds is 5. The maximum Gasteiger partial charge on any atom is 0.227 e. The zero-order valence-corrected chi connectivity index (χ0v) is 15.6. The van der Waals surface area contributed by atoms with E-state index in [2.05, 4.69) is 19.9 Å². The maximum absolute atomic E-state index is 12.6. The summed E-state index contributed by atoms with van der Waals surface area (Å²) in [5, 5.41) is 17.1. The van der Waals surface area contributed by atoms with Crippen LogP contribution in [0.3, 0.4) is 0 Å². The molecule has 4 rings (SSSR count). The number of hydrogen-bond donors (Lipinski definition) is 0. The summed E-state index contributed by atoms with van der Waals surface area (Å²) in [6.07, 6.45) is 6.20. The van der Waals surface area contributed by atoms with E-state index in [0.29, 0.717) is 13.0 Å². The molecule has 4 heterocycles. The second-order valence-corrected chi connectivity index (χ2v) is 7.50. The third-order valence-electron chi connectivity index (χ3n) is 4.94. The topological polar surface area (TPSA) is 68.8 Å². The molecule has 0 unspecified atom stereocenters. The number of piperidine rings is 1. The molecular formula is C18H22N6OS. The van der Waals surface area contributed by atoms with Gasteiger partial charge in [-0.25, -0.2) is 0 Å². The third kappa shape index (κ3) is 3.55. The largest absolute Gasteiger partial charge is 0.342 e. The van der Waals surface area contributed by atoms with Crippen LogP contribution in [-0.4, -0.2) is 48.4 Å². The van der Waals surface area contributed by atoms with Crippen LogP contribution < -0.4 is 0 Å². The number of aromatic nitrogens is 5. The molecule has 3 aromatic rings. The molecule has 3 aromatic heterocycles. The van der Waals surface area contributed by atoms with Crippen LogP contribution in [0.25, 0.3) is 0 Å². The highest BCUT2D eigenvalue weighted by Crippen LogP contribution is 2.26. The normalized spacial score (nSPS) is 17.6. The molecule has 0 saturated carbocycles. The number of likely N-dealkylation sites (tertiary alicyclic amines) is 1. The van der Waals surface area contributed by atoms with Gasteiger partial charge >= 0.3 is 0 Å². The molecule has 0 spiro atoms. The summed E-state index contributed by atoms with van der Waals surface area (Å²) in [5.41, 5.74) is 1.10. The molecule has 0 aliphatic carbocycles. The predicted molar refractivity (Wildman–Crippen MR) is 98.9 cm³/mol. The second kappa shape index (κ2) is 7.41. The van der Waals surface area contributed by atoms with Crippen molar-refractivity contribution in [3.8, 4) is 0 Å². The van der Waals surface area contributed by atoms with E-state index in [0.717, 1.165) is 43.1 Å². The molecule has 1 fully saturated rings. The summed E-state index contributed by atoms with van der Waals surface area (Å²) in [6, 6.07) is 3.92. The Morgan fingerprint density at radius 2 is 2.31 bits per heavy atom. The molecule has 26 heavy (non-hydrogen) atoms. The highest BCUT2D eigenvalue weighted by molar-refractivity contribution is 7.08. The molecule has 1 aliphatic rings. The van der Waals surface area contributed by atoms with E-state index in [1.54, 1.807) is 17.5 Å². The Bertz CT molecular complexity index is 855. The summed E-state index contributed by atoms with van der Waals surface area (Å²) in [6.45, 7) is 2.15. The standard InChI is InChI=1S/C18H22N6OS/c1-22-16(12-24-8-3-6-19-24)20-21-18(22)15-4-2-7-23(11-15)17(25)10-14-5-9-26-13-14/h3,5-6,8-9,13,15H,2,4,7,10-12H2,1H3/t15-/m0/s1. The minimum atomic E-state index is 0.201. The van der Waals surface area contributed by atoms with Gasteiger partial charge in [-0.05, 0) is 41.3 Å². The summed E-state index contributed by atoms with van der Waals surface area (Å²) in [5.74, 6) is 2.27. The van der Waals surface area contributed by atoms with Crippen molar-refractivity contribution in [2.24, 2.45) is 7.05 Å². The first-order chi connectivity index (χ1) is 12.7. The van der Waals surface area contributed by atoms with Crippen LogP contribution in [0.2, 0.25) is 0 Å². The van der Waals surface area contributed by atoms with Crippen molar-refractivity contribution < 1.29 is 4.79 Å². The van der Waals surface area contributed by atoms with Gasteiger partial charge in [0.15, 0.2) is 5.82 Å². The van der Waals surface area contributed by atoms with Gasteiger partial charge in [0.05, 0.1) is 6.42 Å². The Morgan fingerprint density at radius 3 is 3.08 bits per heavy atom. The minimum absolute atomic E-state index is 0.201. The highest BCUT2D eigenvalue weighted by atomic mass is 32.1. The van der Waals surface area contributed by atoms with E-state index < -0.39 is 0 Å². The predicted octanol–water partition coefficient (Wildman–Crippen LogP) is 2.07. The quantitative estimate of drug-likeness (QED) is 0.689. The third-order valence-corrected chi connectivity index (χ3v) is 5.67. The van der Waals surface area contributed by atoms with Gasteiger partial charge in [0, 0.05) is 38.4 Å². The Balaban J connectivity index is 1.44. The molecule has 8 heteroatoms. The molecular weight excluding hydrogens is 348 g/mol. The van der Waals surface area contributed by atoms with Gasteiger partial charge in [0.2, 0.25) is 5.91 Å². The second-order valence-electron chi connectivity index (χ2n) is 6.72. The van der Waals surface area contributed by atoms with Gasteiger partial charge in [-0.3, -0.25) is 9.48 Å². The van der Waals surface area contributed by atoms with Gasteiger partial charge in [0.1, 0.15) is 12.4 Å². The van der Waals surface area contributed by atoms with Crippen molar-refractivity contribution in [2.45, 2.75) is 31.7 Å². The van der Waals surface area contributed by atoms with Crippen LogP contribution in [0.1, 0.15) is 36.0 Å². The van der Waals surface area contributed by atoms with Crippen molar-refractivity contribution >= 4 is 17.2 Å². The van der Waals surface area contributed by atoms with E-state index in [1.807, 2.05) is 45.7 Å². The molecule has 0 N–H and O–H groups in total. The van der Waals surface area contributed by atoms with E-state index in [9.17, 15) is 4.79 Å². The molecule has 0 aromatic carbocycles.